The van der Waals surface area contributed by atoms with E-state index in [0.717, 1.165) is 0 Å². The van der Waals surface area contributed by atoms with E-state index >= 15 is 0 Å². The van der Waals surface area contributed by atoms with Crippen LogP contribution in [0, 0.1) is 0 Å². The molecular formula is C8H14O2. The molecule has 0 aromatic heterocycles. The number of rotatable bonds is 4. The number of carbonyl (C=O) groups excluding carboxylic acids is 1. The second-order valence-corrected chi connectivity index (χ2v) is 2.45. The van der Waals surface area contributed by atoms with Gasteiger partial charge in [0.25, 0.3) is 0 Å². The zero-order chi connectivity index (χ0) is 8.15. The van der Waals surface area contributed by atoms with Crippen molar-refractivity contribution in [2.45, 2.75) is 26.4 Å². The molecule has 0 aliphatic rings. The minimum Gasteiger partial charge on any atom is -0.381 e. The molecule has 0 saturated carbocycles. The number of hydrogen-bond donors (Lipinski definition) is 0. The van der Waals surface area contributed by atoms with Gasteiger partial charge in [-0.3, -0.25) is 4.79 Å². The van der Waals surface area contributed by atoms with Gasteiger partial charge >= 0.3 is 0 Å². The van der Waals surface area contributed by atoms with Gasteiger partial charge in [-0.05, 0) is 19.4 Å². The number of Topliss-reactive ketones (excluding diaryl/α,β-unsaturated/α-hetero) is 1. The average Bonchev–Trinajstić information content (AvgIpc) is 1.87. The van der Waals surface area contributed by atoms with Crippen LogP contribution in [0.3, 0.4) is 0 Å². The van der Waals surface area contributed by atoms with E-state index in [1.165, 1.54) is 0 Å². The summed E-state index contributed by atoms with van der Waals surface area (Å²) >= 11 is 0. The summed E-state index contributed by atoms with van der Waals surface area (Å²) in [5.41, 5.74) is 0.601. The molecule has 0 fully saturated rings. The van der Waals surface area contributed by atoms with Crippen LogP contribution in [0.15, 0.2) is 12.2 Å². The summed E-state index contributed by atoms with van der Waals surface area (Å²) in [4.78, 5) is 10.9. The number of hydrogen-bond acceptors (Lipinski definition) is 2. The Balaban J connectivity index is 3.68. The van der Waals surface area contributed by atoms with Crippen LogP contribution in [0.5, 0.6) is 0 Å². The van der Waals surface area contributed by atoms with E-state index in [0.29, 0.717) is 12.0 Å². The fourth-order valence-electron chi connectivity index (χ4n) is 0.519. The zero-order valence-electron chi connectivity index (χ0n) is 6.81. The predicted octanol–water partition coefficient (Wildman–Crippen LogP) is 1.56. The van der Waals surface area contributed by atoms with Gasteiger partial charge < -0.3 is 4.74 Å². The average molecular weight is 142 g/mol. The minimum atomic E-state index is 0.00389. The van der Waals surface area contributed by atoms with Crippen molar-refractivity contribution in [1.29, 1.82) is 0 Å². The standard InChI is InChI=1S/C8H14O2/c1-6(2)8(9)5-7(3)10-4/h7H,1,5H2,2-4H3. The molecule has 0 aromatic rings. The summed E-state index contributed by atoms with van der Waals surface area (Å²) in [7, 11) is 1.59. The van der Waals surface area contributed by atoms with Crippen molar-refractivity contribution in [3.8, 4) is 0 Å². The van der Waals surface area contributed by atoms with Gasteiger partial charge in [-0.1, -0.05) is 6.58 Å². The molecule has 0 radical (unpaired) electrons. The number of ketones is 1. The first-order chi connectivity index (χ1) is 4.57. The van der Waals surface area contributed by atoms with Gasteiger partial charge in [-0.15, -0.1) is 0 Å². The molecular weight excluding hydrogens is 128 g/mol. The lowest BCUT2D eigenvalue weighted by molar-refractivity contribution is -0.117. The molecule has 58 valence electrons. The van der Waals surface area contributed by atoms with Crippen molar-refractivity contribution in [2.75, 3.05) is 7.11 Å². The van der Waals surface area contributed by atoms with Crippen LogP contribution in [0.2, 0.25) is 0 Å². The number of methoxy groups -OCH3 is 1. The Hall–Kier alpha value is -0.630. The first-order valence-electron chi connectivity index (χ1n) is 3.29. The number of ether oxygens (including phenoxy) is 1. The van der Waals surface area contributed by atoms with E-state index in [2.05, 4.69) is 6.58 Å². The lowest BCUT2D eigenvalue weighted by Gasteiger charge is -2.06. The molecule has 0 rings (SSSR count). The van der Waals surface area contributed by atoms with Gasteiger partial charge in [0.05, 0.1) is 6.10 Å². The van der Waals surface area contributed by atoms with Gasteiger partial charge in [0.1, 0.15) is 0 Å². The lowest BCUT2D eigenvalue weighted by Crippen LogP contribution is -2.12. The Kier molecular flexibility index (Phi) is 3.96. The van der Waals surface area contributed by atoms with Crippen LogP contribution < -0.4 is 0 Å². The van der Waals surface area contributed by atoms with E-state index < -0.39 is 0 Å². The fraction of sp³-hybridized carbons (Fsp3) is 0.625. The topological polar surface area (TPSA) is 26.3 Å². The SMILES string of the molecule is C=C(C)C(=O)CC(C)OC. The van der Waals surface area contributed by atoms with Crippen molar-refractivity contribution in [2.24, 2.45) is 0 Å². The highest BCUT2D eigenvalue weighted by molar-refractivity contribution is 5.94. The summed E-state index contributed by atoms with van der Waals surface area (Å²) in [6, 6.07) is 0. The molecule has 1 atom stereocenters. The molecule has 0 aliphatic heterocycles. The maximum Gasteiger partial charge on any atom is 0.160 e. The molecule has 2 heteroatoms. The molecule has 0 bridgehead atoms. The van der Waals surface area contributed by atoms with Crippen LogP contribution >= 0.6 is 0 Å². The summed E-state index contributed by atoms with van der Waals surface area (Å²) in [5, 5.41) is 0. The van der Waals surface area contributed by atoms with Crippen LogP contribution in [0.4, 0.5) is 0 Å². The Labute approximate surface area is 61.9 Å². The first kappa shape index (κ1) is 9.37. The van der Waals surface area contributed by atoms with Crippen molar-refractivity contribution >= 4 is 5.78 Å². The van der Waals surface area contributed by atoms with Crippen LogP contribution in [0.25, 0.3) is 0 Å². The number of carbonyl (C=O) groups is 1. The lowest BCUT2D eigenvalue weighted by atomic mass is 10.1. The van der Waals surface area contributed by atoms with Crippen LogP contribution in [0.1, 0.15) is 20.3 Å². The highest BCUT2D eigenvalue weighted by Gasteiger charge is 2.07. The van der Waals surface area contributed by atoms with E-state index in [1.807, 2.05) is 6.92 Å². The van der Waals surface area contributed by atoms with E-state index in [1.54, 1.807) is 14.0 Å². The second kappa shape index (κ2) is 4.23. The minimum absolute atomic E-state index is 0.00389. The summed E-state index contributed by atoms with van der Waals surface area (Å²) in [6.07, 6.45) is 0.440. The van der Waals surface area contributed by atoms with Crippen LogP contribution in [-0.4, -0.2) is 19.0 Å². The molecule has 0 heterocycles. The molecule has 0 aromatic carbocycles. The van der Waals surface area contributed by atoms with E-state index in [9.17, 15) is 4.79 Å². The molecule has 2 nitrogen and oxygen atoms in total. The highest BCUT2D eigenvalue weighted by atomic mass is 16.5. The van der Waals surface area contributed by atoms with Gasteiger partial charge in [0.15, 0.2) is 5.78 Å². The molecule has 0 aliphatic carbocycles. The smallest absolute Gasteiger partial charge is 0.160 e. The Bertz CT molecular complexity index is 138. The van der Waals surface area contributed by atoms with Gasteiger partial charge in [0, 0.05) is 13.5 Å². The molecule has 1 unspecified atom stereocenters. The normalized spacial score (nSPS) is 12.7. The predicted molar refractivity (Wildman–Crippen MR) is 40.9 cm³/mol. The van der Waals surface area contributed by atoms with Crippen molar-refractivity contribution < 1.29 is 9.53 Å². The van der Waals surface area contributed by atoms with Gasteiger partial charge in [-0.25, -0.2) is 0 Å². The first-order valence-corrected chi connectivity index (χ1v) is 3.29. The Morgan fingerprint density at radius 3 is 2.50 bits per heavy atom. The number of allylic oxidation sites excluding steroid dienone is 1. The van der Waals surface area contributed by atoms with Crippen molar-refractivity contribution in [3.05, 3.63) is 12.2 Å². The summed E-state index contributed by atoms with van der Waals surface area (Å²) in [5.74, 6) is 0.0781. The maximum absolute atomic E-state index is 10.9. The summed E-state index contributed by atoms with van der Waals surface area (Å²) < 4.78 is 4.91. The summed E-state index contributed by atoms with van der Waals surface area (Å²) in [6.45, 7) is 7.11. The molecule has 0 amide bonds. The molecule has 0 saturated heterocycles. The van der Waals surface area contributed by atoms with Crippen LogP contribution in [-0.2, 0) is 9.53 Å². The molecule has 0 N–H and O–H groups in total. The largest absolute Gasteiger partial charge is 0.381 e. The fourth-order valence-corrected chi connectivity index (χ4v) is 0.519. The molecule has 10 heavy (non-hydrogen) atoms. The second-order valence-electron chi connectivity index (χ2n) is 2.45. The zero-order valence-corrected chi connectivity index (χ0v) is 6.81. The monoisotopic (exact) mass is 142 g/mol. The highest BCUT2D eigenvalue weighted by Crippen LogP contribution is 2.01. The third-order valence-electron chi connectivity index (χ3n) is 1.35. The third kappa shape index (κ3) is 3.41. The van der Waals surface area contributed by atoms with E-state index in [-0.39, 0.29) is 11.9 Å². The van der Waals surface area contributed by atoms with Crippen molar-refractivity contribution in [3.63, 3.8) is 0 Å². The van der Waals surface area contributed by atoms with E-state index in [4.69, 9.17) is 4.74 Å². The molecule has 0 spiro atoms. The van der Waals surface area contributed by atoms with Gasteiger partial charge in [-0.2, -0.15) is 0 Å². The van der Waals surface area contributed by atoms with Crippen molar-refractivity contribution in [1.82, 2.24) is 0 Å². The third-order valence-corrected chi connectivity index (χ3v) is 1.35. The van der Waals surface area contributed by atoms with Gasteiger partial charge in [0.2, 0.25) is 0 Å². The Morgan fingerprint density at radius 2 is 2.20 bits per heavy atom. The quantitative estimate of drug-likeness (QED) is 0.557. The Morgan fingerprint density at radius 1 is 1.70 bits per heavy atom. The maximum atomic E-state index is 10.9.